The van der Waals surface area contributed by atoms with Crippen LogP contribution in [0.3, 0.4) is 0 Å². The molecule has 4 aromatic carbocycles. The Morgan fingerprint density at radius 1 is 0.783 bits per heavy atom. The number of nitrogens with one attached hydrogen (secondary N) is 3. The predicted octanol–water partition coefficient (Wildman–Crippen LogP) is 6.80. The first-order chi connectivity index (χ1) is 40.0. The fourth-order valence-corrected chi connectivity index (χ4v) is 10.4. The second kappa shape index (κ2) is 25.0. The van der Waals surface area contributed by atoms with Crippen molar-refractivity contribution in [3.05, 3.63) is 154 Å². The average Bonchev–Trinajstić information content (AvgIpc) is 2.28. The smallest absolute Gasteiger partial charge is 0.395 e. The van der Waals surface area contributed by atoms with Crippen molar-refractivity contribution in [2.45, 2.75) is 82.3 Å². The van der Waals surface area contributed by atoms with E-state index in [9.17, 15) is 37.9 Å². The molecule has 3 aliphatic rings. The fraction of sp³-hybridized carbons (Fsp3) is 0.377. The molecular weight excluding hydrogens is 1070 g/mol. The molecule has 3 aromatic heterocycles. The third kappa shape index (κ3) is 13.7. The van der Waals surface area contributed by atoms with E-state index in [4.69, 9.17) is 19.2 Å². The van der Waals surface area contributed by atoms with Crippen LogP contribution in [-0.4, -0.2) is 129 Å². The van der Waals surface area contributed by atoms with E-state index in [1.807, 2.05) is 80.6 Å². The summed E-state index contributed by atoms with van der Waals surface area (Å²) in [4.78, 5) is 77.2. The summed E-state index contributed by atoms with van der Waals surface area (Å²) in [5.74, 6) is -0.721. The molecule has 20 nitrogen and oxygen atoms in total. The Morgan fingerprint density at radius 3 is 2.25 bits per heavy atom. The number of amides is 4. The second-order valence-corrected chi connectivity index (χ2v) is 21.3. The summed E-state index contributed by atoms with van der Waals surface area (Å²) in [6, 6.07) is 32.3. The summed E-state index contributed by atoms with van der Waals surface area (Å²) in [7, 11) is 1.74. The van der Waals surface area contributed by atoms with E-state index in [1.54, 1.807) is 47.0 Å². The molecule has 22 heteroatoms. The van der Waals surface area contributed by atoms with Crippen LogP contribution in [0.15, 0.2) is 120 Å². The number of hydrogen-bond donors (Lipinski definition) is 4. The minimum Gasteiger partial charge on any atom is -0.395 e. The van der Waals surface area contributed by atoms with Gasteiger partial charge in [-0.25, -0.2) is 9.97 Å². The van der Waals surface area contributed by atoms with Crippen LogP contribution in [-0.2, 0) is 54.1 Å². The van der Waals surface area contributed by atoms with Gasteiger partial charge in [-0.3, -0.25) is 33.2 Å². The van der Waals surface area contributed by atoms with Gasteiger partial charge in [0.25, 0.3) is 11.5 Å². The zero-order chi connectivity index (χ0) is 58.3. The highest BCUT2D eigenvalue weighted by atomic mass is 19.3. The van der Waals surface area contributed by atoms with E-state index in [0.29, 0.717) is 84.6 Å². The van der Waals surface area contributed by atoms with Crippen molar-refractivity contribution in [3.8, 4) is 34.0 Å². The topological polar surface area (TPSA) is 240 Å². The minimum atomic E-state index is -3.76. The van der Waals surface area contributed by atoms with Crippen LogP contribution < -0.4 is 31.0 Å². The third-order valence-electron chi connectivity index (χ3n) is 15.3. The van der Waals surface area contributed by atoms with Crippen molar-refractivity contribution < 1.29 is 56.7 Å². The maximum atomic E-state index is 13.7. The van der Waals surface area contributed by atoms with Crippen LogP contribution in [0.2, 0.25) is 0 Å². The molecule has 2 fully saturated rings. The molecular formula is C61H65F2N9O11. The number of rotatable bonds is 24. The number of carbonyl (C=O) groups is 4. The molecule has 0 unspecified atom stereocenters. The van der Waals surface area contributed by atoms with Gasteiger partial charge >= 0.3 is 6.29 Å². The van der Waals surface area contributed by atoms with Gasteiger partial charge in [-0.15, -0.1) is 8.78 Å². The van der Waals surface area contributed by atoms with Gasteiger partial charge in [-0.1, -0.05) is 85.8 Å². The van der Waals surface area contributed by atoms with E-state index in [1.165, 1.54) is 23.0 Å². The normalized spacial score (nSPS) is 15.9. The van der Waals surface area contributed by atoms with Gasteiger partial charge in [0.05, 0.1) is 68.3 Å². The average molecular weight is 1140 g/mol. The Hall–Kier alpha value is -8.44. The highest BCUT2D eigenvalue weighted by Crippen LogP contribution is 2.52. The lowest BCUT2D eigenvalue weighted by molar-refractivity contribution is -0.286. The zero-order valence-corrected chi connectivity index (χ0v) is 46.3. The standard InChI is InChI=1S/C61H65F2N9O11/c1-39-12-19-49(68-58(77)60(20-21-60)46-17-18-47-48(34-46)83-61(62,63)82-47)67-52(39)44-10-7-11-45(33-44)56(75)64-24-27-79-28-29-80-30-31-81-36-50(73)65-35-41-13-15-43(16-14-41)55-53-54(69-70(55)3)57(76)72(38-66-53)37-59(78)22-25-71(26-23-59)51(74)32-40(2)42-8-5-4-6-9-42/h4-19,33-34,38,40,78H,20-32,35-37H2,1-3H3,(H,64,75)(H,65,73)(H,67,68,77)/t40-/m1/s1. The third-order valence-corrected chi connectivity index (χ3v) is 15.3. The number of pyridine rings is 1. The number of fused-ring (bicyclic) bond motifs is 2. The molecule has 0 spiro atoms. The summed E-state index contributed by atoms with van der Waals surface area (Å²) in [6.45, 7) is 6.32. The molecule has 434 valence electrons. The minimum absolute atomic E-state index is 0.0325. The number of aromatic nitrogens is 5. The first-order valence-corrected chi connectivity index (χ1v) is 27.6. The number of piperidine rings is 1. The van der Waals surface area contributed by atoms with Crippen molar-refractivity contribution in [2.24, 2.45) is 7.05 Å². The SMILES string of the molecule is Cc1ccc(NC(=O)C2(c3ccc4c(c3)OC(F)(F)O4)CC2)nc1-c1cccc(C(=O)NCCOCCOCCOCC(=O)NCc2ccc(-c3c4ncn(CC5(O)CCN(C(=O)C[C@@H](C)c6ccccc6)CC5)c(=O)c4nn3C)cc2)c1. The van der Waals surface area contributed by atoms with E-state index in [2.05, 4.69) is 35.5 Å². The van der Waals surface area contributed by atoms with E-state index in [-0.39, 0.29) is 111 Å². The molecule has 1 saturated carbocycles. The van der Waals surface area contributed by atoms with Crippen LogP contribution in [0.25, 0.3) is 33.5 Å². The van der Waals surface area contributed by atoms with Crippen LogP contribution in [0.1, 0.15) is 77.6 Å². The van der Waals surface area contributed by atoms with Gasteiger partial charge < -0.3 is 49.6 Å². The molecule has 1 aliphatic carbocycles. The van der Waals surface area contributed by atoms with Crippen molar-refractivity contribution in [2.75, 3.05) is 64.6 Å². The summed E-state index contributed by atoms with van der Waals surface area (Å²) in [5, 5.41) is 24.6. The highest BCUT2D eigenvalue weighted by Gasteiger charge is 2.53. The Kier molecular flexibility index (Phi) is 17.4. The number of alkyl halides is 2. The van der Waals surface area contributed by atoms with Crippen molar-refractivity contribution in [1.82, 2.24) is 39.8 Å². The van der Waals surface area contributed by atoms with Crippen LogP contribution >= 0.6 is 0 Å². The molecule has 4 N–H and O–H groups in total. The van der Waals surface area contributed by atoms with Crippen LogP contribution in [0.5, 0.6) is 11.5 Å². The first-order valence-electron chi connectivity index (χ1n) is 27.6. The molecule has 83 heavy (non-hydrogen) atoms. The number of aryl methyl sites for hydroxylation is 2. The van der Waals surface area contributed by atoms with Gasteiger partial charge in [-0.05, 0) is 91.1 Å². The maximum absolute atomic E-state index is 13.7. The van der Waals surface area contributed by atoms with E-state index < -0.39 is 17.3 Å². The Labute approximate surface area is 477 Å². The molecule has 4 amide bonds. The maximum Gasteiger partial charge on any atom is 0.586 e. The number of hydrogen-bond acceptors (Lipinski definition) is 14. The van der Waals surface area contributed by atoms with Crippen molar-refractivity contribution in [3.63, 3.8) is 0 Å². The monoisotopic (exact) mass is 1140 g/mol. The largest absolute Gasteiger partial charge is 0.586 e. The lowest BCUT2D eigenvalue weighted by atomic mass is 9.90. The molecule has 10 rings (SSSR count). The molecule has 7 aromatic rings. The molecule has 2 aliphatic heterocycles. The van der Waals surface area contributed by atoms with Gasteiger partial charge in [0.2, 0.25) is 17.7 Å². The van der Waals surface area contributed by atoms with Gasteiger partial charge in [0, 0.05) is 56.3 Å². The molecule has 0 bridgehead atoms. The summed E-state index contributed by atoms with van der Waals surface area (Å²) < 4.78 is 56.1. The number of benzene rings is 4. The lowest BCUT2D eigenvalue weighted by Gasteiger charge is -2.38. The van der Waals surface area contributed by atoms with Crippen LogP contribution in [0, 0.1) is 6.92 Å². The van der Waals surface area contributed by atoms with Crippen molar-refractivity contribution >= 4 is 40.5 Å². The number of nitrogens with zero attached hydrogens (tertiary/aromatic N) is 6. The molecule has 0 radical (unpaired) electrons. The van der Waals surface area contributed by atoms with Crippen molar-refractivity contribution in [1.29, 1.82) is 0 Å². The zero-order valence-electron chi connectivity index (χ0n) is 46.3. The number of ether oxygens (including phenoxy) is 5. The van der Waals surface area contributed by atoms with E-state index in [0.717, 1.165) is 22.3 Å². The number of aliphatic hydroxyl groups is 1. The Morgan fingerprint density at radius 2 is 1.51 bits per heavy atom. The van der Waals surface area contributed by atoms with Crippen LogP contribution in [0.4, 0.5) is 14.6 Å². The predicted molar refractivity (Wildman–Crippen MR) is 302 cm³/mol. The number of carbonyl (C=O) groups excluding carboxylic acids is 4. The first kappa shape index (κ1) is 57.8. The highest BCUT2D eigenvalue weighted by molar-refractivity contribution is 6.01. The summed E-state index contributed by atoms with van der Waals surface area (Å²) in [6.07, 6.45) is -0.225. The number of halogens is 2. The Bertz CT molecular complexity index is 3570. The second-order valence-electron chi connectivity index (χ2n) is 21.3. The van der Waals surface area contributed by atoms with Gasteiger partial charge in [0.1, 0.15) is 17.9 Å². The Balaban J connectivity index is 0.590. The number of anilines is 1. The quantitative estimate of drug-likeness (QED) is 0.0455. The number of likely N-dealkylation sites (tertiary alicyclic amines) is 1. The summed E-state index contributed by atoms with van der Waals surface area (Å²) in [5.41, 5.74) is 4.52. The molecule has 1 atom stereocenters. The molecule has 5 heterocycles. The van der Waals surface area contributed by atoms with Gasteiger partial charge in [-0.2, -0.15) is 5.10 Å². The molecule has 1 saturated heterocycles. The fourth-order valence-electron chi connectivity index (χ4n) is 10.4. The lowest BCUT2D eigenvalue weighted by Crippen LogP contribution is -2.49. The van der Waals surface area contributed by atoms with E-state index >= 15 is 0 Å². The summed E-state index contributed by atoms with van der Waals surface area (Å²) >= 11 is 0. The van der Waals surface area contributed by atoms with Gasteiger partial charge in [0.15, 0.2) is 17.0 Å².